The summed E-state index contributed by atoms with van der Waals surface area (Å²) in [4.78, 5) is 15.9. The van der Waals surface area contributed by atoms with Crippen molar-refractivity contribution in [2.45, 2.75) is 12.3 Å². The number of morpholine rings is 1. The Morgan fingerprint density at radius 1 is 1.36 bits per heavy atom. The highest BCUT2D eigenvalue weighted by Crippen LogP contribution is 2.40. The molecule has 0 N–H and O–H groups in total. The summed E-state index contributed by atoms with van der Waals surface area (Å²) in [5.74, 6) is 0.675. The van der Waals surface area contributed by atoms with E-state index >= 15 is 0 Å². The van der Waals surface area contributed by atoms with Gasteiger partial charge in [-0.05, 0) is 0 Å². The molecule has 1 aromatic heterocycles. The number of hydrogen-bond donors (Lipinski definition) is 0. The number of allylic oxidation sites excluding steroid dienone is 3. The fourth-order valence-electron chi connectivity index (χ4n) is 3.08. The van der Waals surface area contributed by atoms with Crippen molar-refractivity contribution >= 4 is 23.2 Å². The van der Waals surface area contributed by atoms with Crippen LogP contribution in [0.15, 0.2) is 30.2 Å². The lowest BCUT2D eigenvalue weighted by Gasteiger charge is -2.26. The number of ether oxygens (including phenoxy) is 2. The molecule has 3 heterocycles. The van der Waals surface area contributed by atoms with Crippen LogP contribution >= 0.6 is 11.8 Å². The first-order valence-corrected chi connectivity index (χ1v) is 9.27. The summed E-state index contributed by atoms with van der Waals surface area (Å²) < 4.78 is 12.4. The molecule has 1 fully saturated rings. The van der Waals surface area contributed by atoms with E-state index in [0.29, 0.717) is 50.9 Å². The van der Waals surface area contributed by atoms with E-state index in [-0.39, 0.29) is 5.91 Å². The Labute approximate surface area is 152 Å². The molecule has 0 aromatic carbocycles. The molecule has 2 aliphatic heterocycles. The monoisotopic (exact) mass is 361 g/mol. The predicted molar refractivity (Wildman–Crippen MR) is 99.4 cm³/mol. The fourth-order valence-corrected chi connectivity index (χ4v) is 4.10. The lowest BCUT2D eigenvalue weighted by molar-refractivity contribution is 0.0297. The molecule has 0 saturated carbocycles. The first-order chi connectivity index (χ1) is 12.2. The topological polar surface area (TPSA) is 56.6 Å². The summed E-state index contributed by atoms with van der Waals surface area (Å²) in [6.45, 7) is 11.3. The van der Waals surface area contributed by atoms with Crippen LogP contribution in [0, 0.1) is 0 Å². The molecule has 0 spiro atoms. The molecule has 134 valence electrons. The molecule has 0 radical (unpaired) electrons. The number of carbonyl (C=O) groups excluding carboxylic acids is 1. The third kappa shape index (κ3) is 3.44. The van der Waals surface area contributed by atoms with Crippen LogP contribution in [0.1, 0.15) is 21.7 Å². The molecule has 3 rings (SSSR count). The van der Waals surface area contributed by atoms with Gasteiger partial charge in [0.2, 0.25) is 0 Å². The molecule has 7 heteroatoms. The molecule has 0 atom stereocenters. The third-order valence-corrected chi connectivity index (χ3v) is 5.47. The van der Waals surface area contributed by atoms with E-state index in [0.717, 1.165) is 21.7 Å². The van der Waals surface area contributed by atoms with Gasteiger partial charge in [0.15, 0.2) is 5.69 Å². The lowest BCUT2D eigenvalue weighted by atomic mass is 10.0. The molecule has 25 heavy (non-hydrogen) atoms. The van der Waals surface area contributed by atoms with E-state index in [1.165, 1.54) is 0 Å². The van der Waals surface area contributed by atoms with Crippen molar-refractivity contribution in [3.05, 3.63) is 47.2 Å². The number of carbonyl (C=O) groups is 1. The van der Waals surface area contributed by atoms with Gasteiger partial charge in [-0.3, -0.25) is 9.48 Å². The van der Waals surface area contributed by atoms with Gasteiger partial charge in [0.05, 0.1) is 32.1 Å². The van der Waals surface area contributed by atoms with Crippen molar-refractivity contribution in [3.63, 3.8) is 0 Å². The zero-order valence-corrected chi connectivity index (χ0v) is 15.3. The molecule has 1 amide bonds. The number of nitrogens with zero attached hydrogens (tertiary/aromatic N) is 3. The number of aromatic nitrogens is 2. The van der Waals surface area contributed by atoms with Crippen molar-refractivity contribution in [2.75, 3.05) is 40.0 Å². The predicted octanol–water partition coefficient (Wildman–Crippen LogP) is 2.33. The number of fused-ring (bicyclic) bond motifs is 1. The Hall–Kier alpha value is -1.83. The van der Waals surface area contributed by atoms with Crippen LogP contribution in [-0.4, -0.2) is 60.6 Å². The first kappa shape index (κ1) is 18.0. The molecular formula is C18H23N3O3S. The van der Waals surface area contributed by atoms with E-state index in [1.807, 2.05) is 21.7 Å². The summed E-state index contributed by atoms with van der Waals surface area (Å²) in [7, 11) is 1.66. The summed E-state index contributed by atoms with van der Waals surface area (Å²) in [6, 6.07) is 0. The van der Waals surface area contributed by atoms with Gasteiger partial charge in [0, 0.05) is 42.0 Å². The number of hydrogen-bond acceptors (Lipinski definition) is 5. The SMILES string of the molecule is C=CC1=C(C=C)c2c(c(C(=O)N3CCOCC3)nn2CCOC)CS1. The molecule has 6 nitrogen and oxygen atoms in total. The summed E-state index contributed by atoms with van der Waals surface area (Å²) in [5.41, 5.74) is 3.43. The van der Waals surface area contributed by atoms with Crippen LogP contribution in [0.2, 0.25) is 0 Å². The van der Waals surface area contributed by atoms with Gasteiger partial charge in [0.1, 0.15) is 0 Å². The number of rotatable bonds is 6. The number of methoxy groups -OCH3 is 1. The average molecular weight is 361 g/mol. The van der Waals surface area contributed by atoms with E-state index in [1.54, 1.807) is 18.9 Å². The zero-order valence-electron chi connectivity index (χ0n) is 14.5. The maximum Gasteiger partial charge on any atom is 0.274 e. The lowest BCUT2D eigenvalue weighted by Crippen LogP contribution is -2.41. The van der Waals surface area contributed by atoms with Crippen molar-refractivity contribution in [2.24, 2.45) is 0 Å². The van der Waals surface area contributed by atoms with E-state index in [4.69, 9.17) is 9.47 Å². The van der Waals surface area contributed by atoms with Crippen molar-refractivity contribution in [1.82, 2.24) is 14.7 Å². The smallest absolute Gasteiger partial charge is 0.274 e. The minimum atomic E-state index is -0.0261. The normalized spacial score (nSPS) is 17.4. The van der Waals surface area contributed by atoms with Gasteiger partial charge in [-0.15, -0.1) is 11.8 Å². The van der Waals surface area contributed by atoms with Gasteiger partial charge in [0.25, 0.3) is 5.91 Å². The maximum atomic E-state index is 13.0. The van der Waals surface area contributed by atoms with Crippen LogP contribution in [0.25, 0.3) is 5.57 Å². The fraction of sp³-hybridized carbons (Fsp3) is 0.444. The number of amides is 1. The molecular weight excluding hydrogens is 338 g/mol. The van der Waals surface area contributed by atoms with Gasteiger partial charge >= 0.3 is 0 Å². The Bertz CT molecular complexity index is 717. The third-order valence-electron chi connectivity index (χ3n) is 4.34. The van der Waals surface area contributed by atoms with E-state index < -0.39 is 0 Å². The molecule has 2 aliphatic rings. The highest BCUT2D eigenvalue weighted by Gasteiger charge is 2.31. The second-order valence-corrected chi connectivity index (χ2v) is 6.79. The van der Waals surface area contributed by atoms with Crippen LogP contribution in [0.4, 0.5) is 0 Å². The van der Waals surface area contributed by atoms with Crippen LogP contribution in [0.5, 0.6) is 0 Å². The van der Waals surface area contributed by atoms with Gasteiger partial charge in [-0.1, -0.05) is 25.3 Å². The van der Waals surface area contributed by atoms with Crippen LogP contribution in [-0.2, 0) is 21.8 Å². The first-order valence-electron chi connectivity index (χ1n) is 8.29. The molecule has 1 aromatic rings. The minimum Gasteiger partial charge on any atom is -0.383 e. The molecule has 0 unspecified atom stereocenters. The second-order valence-electron chi connectivity index (χ2n) is 5.77. The Morgan fingerprint density at radius 3 is 2.76 bits per heavy atom. The standard InChI is InChI=1S/C18H23N3O3S/c1-4-13-15(5-2)25-12-14-16(18(22)20-6-10-24-11-7-20)19-21(17(13)14)8-9-23-3/h4-5H,1-2,6-12H2,3H3. The van der Waals surface area contributed by atoms with Gasteiger partial charge in [-0.2, -0.15) is 5.10 Å². The maximum absolute atomic E-state index is 13.0. The average Bonchev–Trinajstić information content (AvgIpc) is 3.04. The zero-order chi connectivity index (χ0) is 17.8. The van der Waals surface area contributed by atoms with Crippen molar-refractivity contribution < 1.29 is 14.3 Å². The minimum absolute atomic E-state index is 0.0261. The second kappa shape index (κ2) is 8.03. The molecule has 0 bridgehead atoms. The van der Waals surface area contributed by atoms with Crippen LogP contribution < -0.4 is 0 Å². The van der Waals surface area contributed by atoms with Gasteiger partial charge < -0.3 is 14.4 Å². The van der Waals surface area contributed by atoms with Gasteiger partial charge in [-0.25, -0.2) is 0 Å². The summed E-state index contributed by atoms with van der Waals surface area (Å²) in [6.07, 6.45) is 3.65. The highest BCUT2D eigenvalue weighted by atomic mass is 32.2. The highest BCUT2D eigenvalue weighted by molar-refractivity contribution is 8.02. The Kier molecular flexibility index (Phi) is 5.78. The van der Waals surface area contributed by atoms with Crippen molar-refractivity contribution in [1.29, 1.82) is 0 Å². The Morgan fingerprint density at radius 2 is 2.12 bits per heavy atom. The number of thioether (sulfide) groups is 1. The molecule has 0 aliphatic carbocycles. The van der Waals surface area contributed by atoms with Crippen molar-refractivity contribution in [3.8, 4) is 0 Å². The quantitative estimate of drug-likeness (QED) is 0.778. The summed E-state index contributed by atoms with van der Waals surface area (Å²) in [5, 5.41) is 4.65. The largest absolute Gasteiger partial charge is 0.383 e. The summed E-state index contributed by atoms with van der Waals surface area (Å²) >= 11 is 1.66. The Balaban J connectivity index is 2.05. The van der Waals surface area contributed by atoms with Crippen LogP contribution in [0.3, 0.4) is 0 Å². The van der Waals surface area contributed by atoms with E-state index in [2.05, 4.69) is 18.3 Å². The molecule has 1 saturated heterocycles. The van der Waals surface area contributed by atoms with E-state index in [9.17, 15) is 4.79 Å².